The molecule has 1 aromatic heterocycles. The highest BCUT2D eigenvalue weighted by atomic mass is 16.4. The first-order valence-electron chi connectivity index (χ1n) is 4.18. The molecule has 0 saturated heterocycles. The normalized spacial score (nSPS) is 12.5. The van der Waals surface area contributed by atoms with Crippen LogP contribution in [0.4, 0.5) is 0 Å². The molecule has 1 rings (SSSR count). The molecule has 70 valence electrons. The number of carboxylic acids is 1. The molecule has 0 bridgehead atoms. The monoisotopic (exact) mass is 179 g/mol. The van der Waals surface area contributed by atoms with Gasteiger partial charge in [0.1, 0.15) is 0 Å². The fourth-order valence-electron chi connectivity index (χ4n) is 1.26. The van der Waals surface area contributed by atoms with Crippen LogP contribution in [0.2, 0.25) is 0 Å². The van der Waals surface area contributed by atoms with E-state index in [1.54, 1.807) is 6.92 Å². The van der Waals surface area contributed by atoms with Crippen molar-refractivity contribution in [3.8, 4) is 0 Å². The molecular weight excluding hydrogens is 166 g/mol. The quantitative estimate of drug-likeness (QED) is 0.754. The van der Waals surface area contributed by atoms with Gasteiger partial charge in [-0.05, 0) is 38.5 Å². The van der Waals surface area contributed by atoms with E-state index in [1.165, 1.54) is 0 Å². The predicted molar refractivity (Wildman–Crippen MR) is 49.8 cm³/mol. The van der Waals surface area contributed by atoms with Crippen molar-refractivity contribution in [1.82, 2.24) is 4.98 Å². The maximum Gasteiger partial charge on any atom is 0.310 e. The summed E-state index contributed by atoms with van der Waals surface area (Å²) in [7, 11) is 0. The first-order chi connectivity index (χ1) is 6.00. The summed E-state index contributed by atoms with van der Waals surface area (Å²) in [6, 6.07) is 3.62. The zero-order valence-electron chi connectivity index (χ0n) is 8.03. The highest BCUT2D eigenvalue weighted by Crippen LogP contribution is 2.16. The number of aromatic nitrogens is 1. The van der Waals surface area contributed by atoms with Crippen molar-refractivity contribution in [2.75, 3.05) is 0 Å². The van der Waals surface area contributed by atoms with Crippen molar-refractivity contribution in [2.24, 2.45) is 0 Å². The van der Waals surface area contributed by atoms with Crippen LogP contribution in [-0.4, -0.2) is 16.1 Å². The van der Waals surface area contributed by atoms with Crippen LogP contribution >= 0.6 is 0 Å². The van der Waals surface area contributed by atoms with E-state index in [4.69, 9.17) is 5.11 Å². The van der Waals surface area contributed by atoms with E-state index in [1.807, 2.05) is 26.0 Å². The van der Waals surface area contributed by atoms with Crippen molar-refractivity contribution >= 4 is 5.97 Å². The summed E-state index contributed by atoms with van der Waals surface area (Å²) < 4.78 is 0. The summed E-state index contributed by atoms with van der Waals surface area (Å²) in [5.41, 5.74) is 2.55. The molecule has 1 N–H and O–H groups in total. The molecule has 1 heterocycles. The molecule has 0 aliphatic carbocycles. The number of hydrogen-bond acceptors (Lipinski definition) is 2. The van der Waals surface area contributed by atoms with Gasteiger partial charge in [-0.2, -0.15) is 0 Å². The number of rotatable bonds is 2. The van der Waals surface area contributed by atoms with Gasteiger partial charge in [0, 0.05) is 11.4 Å². The number of aliphatic carboxylic acids is 1. The third kappa shape index (κ3) is 2.28. The Bertz CT molecular complexity index is 313. The summed E-state index contributed by atoms with van der Waals surface area (Å²) in [5.74, 6) is -1.26. The third-order valence-corrected chi connectivity index (χ3v) is 1.97. The molecule has 0 aliphatic rings. The summed E-state index contributed by atoms with van der Waals surface area (Å²) in [5, 5.41) is 8.80. The van der Waals surface area contributed by atoms with E-state index >= 15 is 0 Å². The molecule has 0 amide bonds. The second kappa shape index (κ2) is 3.56. The molecule has 0 fully saturated rings. The predicted octanol–water partition coefficient (Wildman–Crippen LogP) is 1.89. The number of carboxylic acid groups (broad SMARTS) is 1. The van der Waals surface area contributed by atoms with Crippen molar-refractivity contribution in [3.63, 3.8) is 0 Å². The average molecular weight is 179 g/mol. The van der Waals surface area contributed by atoms with Gasteiger partial charge in [0.25, 0.3) is 0 Å². The molecule has 0 aliphatic heterocycles. The molecule has 13 heavy (non-hydrogen) atoms. The van der Waals surface area contributed by atoms with Gasteiger partial charge in [0.15, 0.2) is 0 Å². The zero-order chi connectivity index (χ0) is 10.0. The lowest BCUT2D eigenvalue weighted by Gasteiger charge is -2.07. The fraction of sp³-hybridized carbons (Fsp3) is 0.400. The first-order valence-corrected chi connectivity index (χ1v) is 4.18. The van der Waals surface area contributed by atoms with Crippen molar-refractivity contribution in [3.05, 3.63) is 29.1 Å². The van der Waals surface area contributed by atoms with Gasteiger partial charge in [-0.3, -0.25) is 9.78 Å². The van der Waals surface area contributed by atoms with Gasteiger partial charge >= 0.3 is 5.97 Å². The Morgan fingerprint density at radius 1 is 1.38 bits per heavy atom. The van der Waals surface area contributed by atoms with Crippen molar-refractivity contribution in [2.45, 2.75) is 26.7 Å². The van der Waals surface area contributed by atoms with Crippen molar-refractivity contribution in [1.29, 1.82) is 0 Å². The molecule has 0 aromatic carbocycles. The topological polar surface area (TPSA) is 50.2 Å². The Morgan fingerprint density at radius 2 is 1.85 bits per heavy atom. The minimum atomic E-state index is -0.801. The first kappa shape index (κ1) is 9.71. The number of carbonyl (C=O) groups is 1. The van der Waals surface area contributed by atoms with Crippen LogP contribution in [0.15, 0.2) is 12.1 Å². The van der Waals surface area contributed by atoms with Crippen LogP contribution in [0, 0.1) is 13.8 Å². The van der Waals surface area contributed by atoms with E-state index in [9.17, 15) is 4.79 Å². The summed E-state index contributed by atoms with van der Waals surface area (Å²) in [6.07, 6.45) is 0. The Hall–Kier alpha value is -1.38. The Balaban J connectivity index is 3.07. The van der Waals surface area contributed by atoms with Crippen LogP contribution in [0.25, 0.3) is 0 Å². The molecular formula is C10H13NO2. The fourth-order valence-corrected chi connectivity index (χ4v) is 1.26. The van der Waals surface area contributed by atoms with E-state index in [0.29, 0.717) is 0 Å². The van der Waals surface area contributed by atoms with Gasteiger partial charge < -0.3 is 5.11 Å². The third-order valence-electron chi connectivity index (χ3n) is 1.97. The molecule has 0 spiro atoms. The van der Waals surface area contributed by atoms with Crippen LogP contribution in [-0.2, 0) is 4.79 Å². The molecule has 3 nitrogen and oxygen atoms in total. The van der Waals surface area contributed by atoms with E-state index in [-0.39, 0.29) is 0 Å². The Labute approximate surface area is 77.4 Å². The summed E-state index contributed by atoms with van der Waals surface area (Å²) in [4.78, 5) is 14.9. The lowest BCUT2D eigenvalue weighted by molar-refractivity contribution is -0.138. The molecule has 1 unspecified atom stereocenters. The standard InChI is InChI=1S/C10H13NO2/c1-6-4-9(5-7(2)11-6)8(3)10(12)13/h4-5,8H,1-3H3,(H,12,13). The second-order valence-corrected chi connectivity index (χ2v) is 3.24. The minimum Gasteiger partial charge on any atom is -0.481 e. The molecule has 1 atom stereocenters. The Kier molecular flexibility index (Phi) is 2.66. The molecule has 0 radical (unpaired) electrons. The highest BCUT2D eigenvalue weighted by molar-refractivity contribution is 5.75. The summed E-state index contributed by atoms with van der Waals surface area (Å²) in [6.45, 7) is 5.41. The van der Waals surface area contributed by atoms with E-state index in [2.05, 4.69) is 4.98 Å². The number of nitrogens with zero attached hydrogens (tertiary/aromatic N) is 1. The largest absolute Gasteiger partial charge is 0.481 e. The molecule has 0 saturated carbocycles. The van der Waals surface area contributed by atoms with Gasteiger partial charge in [-0.15, -0.1) is 0 Å². The lowest BCUT2D eigenvalue weighted by atomic mass is 10.0. The van der Waals surface area contributed by atoms with Gasteiger partial charge in [-0.25, -0.2) is 0 Å². The highest BCUT2D eigenvalue weighted by Gasteiger charge is 2.13. The zero-order valence-corrected chi connectivity index (χ0v) is 8.03. The smallest absolute Gasteiger partial charge is 0.310 e. The number of aryl methyl sites for hydroxylation is 2. The maximum atomic E-state index is 10.7. The van der Waals surface area contributed by atoms with E-state index < -0.39 is 11.9 Å². The number of hydrogen-bond donors (Lipinski definition) is 1. The van der Waals surface area contributed by atoms with Crippen molar-refractivity contribution < 1.29 is 9.90 Å². The SMILES string of the molecule is Cc1cc(C(C)C(=O)O)cc(C)n1. The summed E-state index contributed by atoms with van der Waals surface area (Å²) >= 11 is 0. The number of pyridine rings is 1. The Morgan fingerprint density at radius 3 is 2.23 bits per heavy atom. The lowest BCUT2D eigenvalue weighted by Crippen LogP contribution is -2.08. The molecule has 3 heteroatoms. The maximum absolute atomic E-state index is 10.7. The van der Waals surface area contributed by atoms with Gasteiger partial charge in [-0.1, -0.05) is 0 Å². The van der Waals surface area contributed by atoms with Crippen LogP contribution < -0.4 is 0 Å². The van der Waals surface area contributed by atoms with Crippen LogP contribution in [0.1, 0.15) is 29.8 Å². The van der Waals surface area contributed by atoms with Gasteiger partial charge in [0.05, 0.1) is 5.92 Å². The second-order valence-electron chi connectivity index (χ2n) is 3.24. The average Bonchev–Trinajstić information content (AvgIpc) is 2.01. The van der Waals surface area contributed by atoms with Gasteiger partial charge in [0.2, 0.25) is 0 Å². The van der Waals surface area contributed by atoms with Crippen LogP contribution in [0.5, 0.6) is 0 Å². The minimum absolute atomic E-state index is 0.458. The van der Waals surface area contributed by atoms with E-state index in [0.717, 1.165) is 17.0 Å². The molecule has 1 aromatic rings. The van der Waals surface area contributed by atoms with Crippen LogP contribution in [0.3, 0.4) is 0 Å².